The van der Waals surface area contributed by atoms with Gasteiger partial charge in [0.1, 0.15) is 5.69 Å². The Labute approximate surface area is 154 Å². The molecule has 2 aromatic heterocycles. The maximum absolute atomic E-state index is 13.2. The molecule has 3 aromatic rings. The first-order valence-corrected chi connectivity index (χ1v) is 9.07. The van der Waals surface area contributed by atoms with Crippen LogP contribution in [0.3, 0.4) is 0 Å². The third-order valence-electron chi connectivity index (χ3n) is 5.45. The van der Waals surface area contributed by atoms with Crippen molar-refractivity contribution in [2.45, 2.75) is 32.1 Å². The average Bonchev–Trinajstić information content (AvgIpc) is 3.26. The molecular weight excluding hydrogens is 354 g/mol. The van der Waals surface area contributed by atoms with Gasteiger partial charge in [-0.15, -0.1) is 5.10 Å². The molecule has 1 aromatic carbocycles. The van der Waals surface area contributed by atoms with Gasteiger partial charge in [-0.05, 0) is 37.1 Å². The Morgan fingerprint density at radius 1 is 1.42 bits per heavy atom. The van der Waals surface area contributed by atoms with E-state index in [4.69, 9.17) is 16.3 Å². The molecule has 1 fully saturated rings. The van der Waals surface area contributed by atoms with E-state index in [2.05, 4.69) is 15.3 Å². The molecule has 0 radical (unpaired) electrons. The standard InChI is InChI=1S/C18H18ClN5O2/c1-10-13-6-11(19)2-3-14(13)21-17(10)18(25)23-5-4-16-15(8-23)24-12(9-26-16)7-20-22-24/h2-3,6-7,15-16,21H,4-5,8-9H2,1H3/t15-,16+/m1/s1. The fourth-order valence-electron chi connectivity index (χ4n) is 4.03. The Hall–Kier alpha value is -2.38. The lowest BCUT2D eigenvalue weighted by Gasteiger charge is -2.40. The number of fused-ring (bicyclic) bond motifs is 4. The molecule has 0 spiro atoms. The van der Waals surface area contributed by atoms with Crippen LogP contribution in [0.2, 0.25) is 5.02 Å². The van der Waals surface area contributed by atoms with Crippen LogP contribution in [-0.2, 0) is 11.3 Å². The number of likely N-dealkylation sites (tertiary alicyclic amines) is 1. The number of nitrogens with zero attached hydrogens (tertiary/aromatic N) is 4. The zero-order valence-electron chi connectivity index (χ0n) is 14.3. The molecule has 134 valence electrons. The van der Waals surface area contributed by atoms with Crippen molar-refractivity contribution >= 4 is 28.4 Å². The summed E-state index contributed by atoms with van der Waals surface area (Å²) >= 11 is 6.10. The summed E-state index contributed by atoms with van der Waals surface area (Å²) in [7, 11) is 0. The van der Waals surface area contributed by atoms with E-state index in [1.807, 2.05) is 34.7 Å². The fraction of sp³-hybridized carbons (Fsp3) is 0.389. The molecule has 26 heavy (non-hydrogen) atoms. The molecule has 8 heteroatoms. The highest BCUT2D eigenvalue weighted by molar-refractivity contribution is 6.31. The second-order valence-electron chi connectivity index (χ2n) is 6.94. The Kier molecular flexibility index (Phi) is 3.55. The zero-order chi connectivity index (χ0) is 17.8. The summed E-state index contributed by atoms with van der Waals surface area (Å²) in [5, 5.41) is 9.83. The van der Waals surface area contributed by atoms with Crippen LogP contribution in [0.15, 0.2) is 24.4 Å². The lowest BCUT2D eigenvalue weighted by molar-refractivity contribution is -0.0605. The van der Waals surface area contributed by atoms with E-state index in [1.165, 1.54) is 0 Å². The number of piperidine rings is 1. The molecule has 4 heterocycles. The van der Waals surface area contributed by atoms with Crippen LogP contribution in [0.5, 0.6) is 0 Å². The van der Waals surface area contributed by atoms with Crippen molar-refractivity contribution in [3.8, 4) is 0 Å². The number of halogens is 1. The number of carbonyl (C=O) groups excluding carboxylic acids is 1. The smallest absolute Gasteiger partial charge is 0.270 e. The van der Waals surface area contributed by atoms with Gasteiger partial charge in [-0.2, -0.15) is 0 Å². The lowest BCUT2D eigenvalue weighted by atomic mass is 10.00. The third-order valence-corrected chi connectivity index (χ3v) is 5.69. The molecule has 0 unspecified atom stereocenters. The van der Waals surface area contributed by atoms with Gasteiger partial charge in [0, 0.05) is 29.0 Å². The molecule has 2 aliphatic heterocycles. The van der Waals surface area contributed by atoms with E-state index < -0.39 is 0 Å². The van der Waals surface area contributed by atoms with Crippen LogP contribution in [0.1, 0.15) is 34.2 Å². The van der Waals surface area contributed by atoms with E-state index >= 15 is 0 Å². The largest absolute Gasteiger partial charge is 0.370 e. The highest BCUT2D eigenvalue weighted by Gasteiger charge is 2.38. The lowest BCUT2D eigenvalue weighted by Crippen LogP contribution is -2.50. The fourth-order valence-corrected chi connectivity index (χ4v) is 4.21. The summed E-state index contributed by atoms with van der Waals surface area (Å²) in [6.07, 6.45) is 2.60. The normalized spacial score (nSPS) is 22.3. The van der Waals surface area contributed by atoms with Gasteiger partial charge in [-0.3, -0.25) is 4.79 Å². The topological polar surface area (TPSA) is 76.0 Å². The van der Waals surface area contributed by atoms with Crippen molar-refractivity contribution < 1.29 is 9.53 Å². The summed E-state index contributed by atoms with van der Waals surface area (Å²) in [5.74, 6) is 0.000473. The van der Waals surface area contributed by atoms with E-state index in [1.54, 1.807) is 6.20 Å². The minimum Gasteiger partial charge on any atom is -0.370 e. The number of benzene rings is 1. The summed E-state index contributed by atoms with van der Waals surface area (Å²) in [6.45, 7) is 3.72. The summed E-state index contributed by atoms with van der Waals surface area (Å²) in [4.78, 5) is 18.3. The summed E-state index contributed by atoms with van der Waals surface area (Å²) in [5.41, 5.74) is 3.42. The maximum atomic E-state index is 13.2. The Balaban J connectivity index is 1.46. The Morgan fingerprint density at radius 2 is 2.31 bits per heavy atom. The highest BCUT2D eigenvalue weighted by Crippen LogP contribution is 2.32. The van der Waals surface area contributed by atoms with Gasteiger partial charge in [-0.1, -0.05) is 16.8 Å². The molecular formula is C18H18ClN5O2. The maximum Gasteiger partial charge on any atom is 0.270 e. The molecule has 2 aliphatic rings. The van der Waals surface area contributed by atoms with Crippen LogP contribution in [0.4, 0.5) is 0 Å². The molecule has 0 saturated carbocycles. The van der Waals surface area contributed by atoms with Crippen molar-refractivity contribution in [1.29, 1.82) is 0 Å². The highest BCUT2D eigenvalue weighted by atomic mass is 35.5. The average molecular weight is 372 g/mol. The molecule has 0 bridgehead atoms. The quantitative estimate of drug-likeness (QED) is 0.713. The van der Waals surface area contributed by atoms with Gasteiger partial charge in [0.05, 0.1) is 30.6 Å². The van der Waals surface area contributed by atoms with E-state index in [0.717, 1.165) is 28.6 Å². The second-order valence-corrected chi connectivity index (χ2v) is 7.38. The monoisotopic (exact) mass is 371 g/mol. The van der Waals surface area contributed by atoms with Crippen LogP contribution in [0.25, 0.3) is 10.9 Å². The van der Waals surface area contributed by atoms with E-state index in [9.17, 15) is 4.79 Å². The van der Waals surface area contributed by atoms with Crippen molar-refractivity contribution in [3.63, 3.8) is 0 Å². The number of nitrogens with one attached hydrogen (secondary N) is 1. The predicted molar refractivity (Wildman–Crippen MR) is 96.2 cm³/mol. The van der Waals surface area contributed by atoms with Gasteiger partial charge in [0.25, 0.3) is 5.91 Å². The molecule has 1 saturated heterocycles. The number of hydrogen-bond acceptors (Lipinski definition) is 4. The van der Waals surface area contributed by atoms with Gasteiger partial charge in [0.2, 0.25) is 0 Å². The van der Waals surface area contributed by atoms with Gasteiger partial charge >= 0.3 is 0 Å². The van der Waals surface area contributed by atoms with Crippen molar-refractivity contribution in [2.24, 2.45) is 0 Å². The second kappa shape index (κ2) is 5.82. The zero-order valence-corrected chi connectivity index (χ0v) is 15.0. The molecule has 7 nitrogen and oxygen atoms in total. The van der Waals surface area contributed by atoms with Gasteiger partial charge < -0.3 is 14.6 Å². The van der Waals surface area contributed by atoms with Crippen LogP contribution < -0.4 is 0 Å². The first-order chi connectivity index (χ1) is 12.6. The predicted octanol–water partition coefficient (Wildman–Crippen LogP) is 2.71. The van der Waals surface area contributed by atoms with Gasteiger partial charge in [0.15, 0.2) is 0 Å². The number of H-pyrrole nitrogens is 1. The summed E-state index contributed by atoms with van der Waals surface area (Å²) in [6, 6.07) is 5.64. The third kappa shape index (κ3) is 2.34. The number of ether oxygens (including phenoxy) is 1. The van der Waals surface area contributed by atoms with Crippen LogP contribution in [-0.4, -0.2) is 50.0 Å². The van der Waals surface area contributed by atoms with Crippen molar-refractivity contribution in [2.75, 3.05) is 13.1 Å². The first kappa shape index (κ1) is 15.8. The SMILES string of the molecule is Cc1c(C(=O)N2CC[C@@H]3OCc4cnnn4[C@@H]3C2)[nH]c2ccc(Cl)cc12. The first-order valence-electron chi connectivity index (χ1n) is 8.69. The van der Waals surface area contributed by atoms with Crippen LogP contribution in [0, 0.1) is 6.92 Å². The number of amides is 1. The number of hydrogen-bond donors (Lipinski definition) is 1. The molecule has 1 N–H and O–H groups in total. The minimum absolute atomic E-state index is 0.000473. The minimum atomic E-state index is 0.000473. The number of rotatable bonds is 1. The Bertz CT molecular complexity index is 1010. The molecule has 0 aliphatic carbocycles. The number of carbonyl (C=O) groups is 1. The molecule has 5 rings (SSSR count). The Morgan fingerprint density at radius 3 is 3.19 bits per heavy atom. The van der Waals surface area contributed by atoms with E-state index in [-0.39, 0.29) is 18.1 Å². The number of aromatic nitrogens is 4. The van der Waals surface area contributed by atoms with Crippen molar-refractivity contribution in [3.05, 3.63) is 46.4 Å². The van der Waals surface area contributed by atoms with Crippen LogP contribution >= 0.6 is 11.6 Å². The van der Waals surface area contributed by atoms with E-state index in [0.29, 0.717) is 30.4 Å². The molecule has 1 amide bonds. The summed E-state index contributed by atoms with van der Waals surface area (Å²) < 4.78 is 7.83. The van der Waals surface area contributed by atoms with Crippen molar-refractivity contribution in [1.82, 2.24) is 24.9 Å². The van der Waals surface area contributed by atoms with Gasteiger partial charge in [-0.25, -0.2) is 4.68 Å². The number of aryl methyl sites for hydroxylation is 1. The number of aromatic amines is 1. The molecule has 2 atom stereocenters.